The number of ether oxygens (including phenoxy) is 2. The molecule has 0 aliphatic rings. The monoisotopic (exact) mass is 299 g/mol. The number of methoxy groups -OCH3 is 1. The molecule has 0 fully saturated rings. The van der Waals surface area contributed by atoms with Crippen molar-refractivity contribution in [3.05, 3.63) is 5.89 Å². The van der Waals surface area contributed by atoms with E-state index < -0.39 is 5.60 Å². The molecule has 0 aliphatic heterocycles. The second-order valence-corrected chi connectivity index (χ2v) is 5.36. The summed E-state index contributed by atoms with van der Waals surface area (Å²) in [6, 6.07) is 0.154. The Kier molecular flexibility index (Phi) is 6.13. The summed E-state index contributed by atoms with van der Waals surface area (Å²) in [6.07, 6.45) is 0.536. The van der Waals surface area contributed by atoms with Gasteiger partial charge in [-0.3, -0.25) is 9.59 Å². The largest absolute Gasteiger partial charge is 0.465 e. The topological polar surface area (TPSA) is 104 Å². The van der Waals surface area contributed by atoms with Crippen LogP contribution in [0.4, 0.5) is 0 Å². The predicted molar refractivity (Wildman–Crippen MR) is 72.6 cm³/mol. The minimum atomic E-state index is -0.537. The Morgan fingerprint density at radius 3 is 2.57 bits per heavy atom. The van der Waals surface area contributed by atoms with Gasteiger partial charge in [0.05, 0.1) is 13.5 Å². The first-order valence-electron chi connectivity index (χ1n) is 6.65. The summed E-state index contributed by atoms with van der Waals surface area (Å²) in [7, 11) is 1.44. The summed E-state index contributed by atoms with van der Waals surface area (Å²) in [5.74, 6) is -0.245. The van der Waals surface area contributed by atoms with Crippen LogP contribution in [0.25, 0.3) is 0 Å². The SMILES string of the molecule is COc1noc(CCNC(=O)CCC(=O)OC(C)(C)C)n1. The van der Waals surface area contributed by atoms with Gasteiger partial charge in [0.1, 0.15) is 5.60 Å². The lowest BCUT2D eigenvalue weighted by atomic mass is 10.2. The number of nitrogens with one attached hydrogen (secondary N) is 1. The van der Waals surface area contributed by atoms with E-state index in [1.54, 1.807) is 20.8 Å². The zero-order valence-corrected chi connectivity index (χ0v) is 12.8. The zero-order chi connectivity index (χ0) is 15.9. The third kappa shape index (κ3) is 7.28. The van der Waals surface area contributed by atoms with Crippen molar-refractivity contribution in [1.82, 2.24) is 15.5 Å². The first-order chi connectivity index (χ1) is 9.80. The van der Waals surface area contributed by atoms with Gasteiger partial charge in [0.2, 0.25) is 11.8 Å². The molecule has 1 aromatic rings. The molecule has 0 aliphatic carbocycles. The van der Waals surface area contributed by atoms with Crippen molar-refractivity contribution in [2.75, 3.05) is 13.7 Å². The van der Waals surface area contributed by atoms with Crippen molar-refractivity contribution >= 4 is 11.9 Å². The van der Waals surface area contributed by atoms with Crippen molar-refractivity contribution in [1.29, 1.82) is 0 Å². The van der Waals surface area contributed by atoms with Gasteiger partial charge in [-0.1, -0.05) is 0 Å². The summed E-state index contributed by atoms with van der Waals surface area (Å²) in [5, 5.41) is 6.21. The van der Waals surface area contributed by atoms with Gasteiger partial charge in [-0.05, 0) is 25.9 Å². The van der Waals surface area contributed by atoms with E-state index in [9.17, 15) is 9.59 Å². The number of amides is 1. The Morgan fingerprint density at radius 2 is 2.00 bits per heavy atom. The van der Waals surface area contributed by atoms with E-state index in [1.807, 2.05) is 0 Å². The van der Waals surface area contributed by atoms with Crippen molar-refractivity contribution in [2.24, 2.45) is 0 Å². The molecule has 21 heavy (non-hydrogen) atoms. The number of carbonyl (C=O) groups is 2. The Bertz CT molecular complexity index is 478. The van der Waals surface area contributed by atoms with Gasteiger partial charge in [-0.25, -0.2) is 0 Å². The Labute approximate surface area is 123 Å². The molecule has 8 heteroatoms. The van der Waals surface area contributed by atoms with Gasteiger partial charge in [-0.2, -0.15) is 4.98 Å². The zero-order valence-electron chi connectivity index (χ0n) is 12.8. The molecule has 0 radical (unpaired) electrons. The third-order valence-corrected chi connectivity index (χ3v) is 2.27. The maximum Gasteiger partial charge on any atom is 0.353 e. The van der Waals surface area contributed by atoms with Crippen LogP contribution in [0.1, 0.15) is 39.5 Å². The van der Waals surface area contributed by atoms with Gasteiger partial charge in [0.15, 0.2) is 0 Å². The number of carbonyl (C=O) groups excluding carboxylic acids is 2. The molecule has 1 heterocycles. The third-order valence-electron chi connectivity index (χ3n) is 2.27. The molecule has 0 saturated carbocycles. The molecule has 0 unspecified atom stereocenters. The first-order valence-corrected chi connectivity index (χ1v) is 6.65. The number of hydrogen-bond donors (Lipinski definition) is 1. The lowest BCUT2D eigenvalue weighted by Gasteiger charge is -2.19. The lowest BCUT2D eigenvalue weighted by Crippen LogP contribution is -2.28. The number of esters is 1. The van der Waals surface area contributed by atoms with E-state index in [2.05, 4.69) is 15.5 Å². The summed E-state index contributed by atoms with van der Waals surface area (Å²) >= 11 is 0. The average Bonchev–Trinajstić information content (AvgIpc) is 2.82. The van der Waals surface area contributed by atoms with Crippen molar-refractivity contribution in [3.63, 3.8) is 0 Å². The Balaban J connectivity index is 2.18. The van der Waals surface area contributed by atoms with E-state index >= 15 is 0 Å². The van der Waals surface area contributed by atoms with Gasteiger partial charge in [0, 0.05) is 19.4 Å². The summed E-state index contributed by atoms with van der Waals surface area (Å²) in [5.41, 5.74) is -0.537. The number of aromatic nitrogens is 2. The highest BCUT2D eigenvalue weighted by Gasteiger charge is 2.17. The molecule has 1 aromatic heterocycles. The van der Waals surface area contributed by atoms with Gasteiger partial charge in [-0.15, -0.1) is 0 Å². The van der Waals surface area contributed by atoms with Crippen molar-refractivity contribution in [3.8, 4) is 6.01 Å². The lowest BCUT2D eigenvalue weighted by molar-refractivity contribution is -0.155. The number of nitrogens with zero attached hydrogens (tertiary/aromatic N) is 2. The van der Waals surface area contributed by atoms with E-state index in [4.69, 9.17) is 14.0 Å². The maximum absolute atomic E-state index is 11.6. The minimum Gasteiger partial charge on any atom is -0.465 e. The molecule has 118 valence electrons. The second-order valence-electron chi connectivity index (χ2n) is 5.36. The molecule has 0 spiro atoms. The van der Waals surface area contributed by atoms with Crippen molar-refractivity contribution < 1.29 is 23.6 Å². The van der Waals surface area contributed by atoms with Crippen molar-refractivity contribution in [2.45, 2.75) is 45.6 Å². The fourth-order valence-corrected chi connectivity index (χ4v) is 1.43. The van der Waals surface area contributed by atoms with E-state index in [0.717, 1.165) is 0 Å². The second kappa shape index (κ2) is 7.61. The van der Waals surface area contributed by atoms with Crippen LogP contribution in [-0.2, 0) is 20.7 Å². The summed E-state index contributed by atoms with van der Waals surface area (Å²) in [4.78, 5) is 26.9. The van der Waals surface area contributed by atoms with Crippen LogP contribution in [0, 0.1) is 0 Å². The molecule has 1 N–H and O–H groups in total. The molecular formula is C13H21N3O5. The quantitative estimate of drug-likeness (QED) is 0.744. The maximum atomic E-state index is 11.6. The Hall–Kier alpha value is -2.12. The van der Waals surface area contributed by atoms with Gasteiger partial charge < -0.3 is 19.3 Å². The highest BCUT2D eigenvalue weighted by molar-refractivity contribution is 5.81. The highest BCUT2D eigenvalue weighted by Crippen LogP contribution is 2.09. The molecule has 0 aromatic carbocycles. The normalized spacial score (nSPS) is 11.0. The summed E-state index contributed by atoms with van der Waals surface area (Å²) < 4.78 is 14.8. The van der Waals surface area contributed by atoms with Crippen LogP contribution in [0.15, 0.2) is 4.52 Å². The molecule has 1 rings (SSSR count). The highest BCUT2D eigenvalue weighted by atomic mass is 16.6. The van der Waals surface area contributed by atoms with Crippen LogP contribution in [0.3, 0.4) is 0 Å². The number of rotatable bonds is 7. The van der Waals surface area contributed by atoms with Crippen LogP contribution < -0.4 is 10.1 Å². The van der Waals surface area contributed by atoms with E-state index in [1.165, 1.54) is 7.11 Å². The molecular weight excluding hydrogens is 278 g/mol. The smallest absolute Gasteiger partial charge is 0.353 e. The molecule has 0 atom stereocenters. The molecule has 0 bridgehead atoms. The van der Waals surface area contributed by atoms with E-state index in [-0.39, 0.29) is 30.7 Å². The molecule has 1 amide bonds. The van der Waals surface area contributed by atoms with Gasteiger partial charge in [0.25, 0.3) is 0 Å². The fourth-order valence-electron chi connectivity index (χ4n) is 1.43. The minimum absolute atomic E-state index is 0.0531. The molecule has 0 saturated heterocycles. The number of hydrogen-bond acceptors (Lipinski definition) is 7. The van der Waals surface area contributed by atoms with Crippen LogP contribution in [0.2, 0.25) is 0 Å². The van der Waals surface area contributed by atoms with Gasteiger partial charge >= 0.3 is 12.0 Å². The Morgan fingerprint density at radius 1 is 1.29 bits per heavy atom. The first kappa shape index (κ1) is 16.9. The predicted octanol–water partition coefficient (Wildman–Crippen LogP) is 0.859. The van der Waals surface area contributed by atoms with E-state index in [0.29, 0.717) is 18.9 Å². The van der Waals surface area contributed by atoms with Crippen LogP contribution in [-0.4, -0.2) is 41.3 Å². The van der Waals surface area contributed by atoms with Crippen LogP contribution >= 0.6 is 0 Å². The molecule has 8 nitrogen and oxygen atoms in total. The average molecular weight is 299 g/mol. The van der Waals surface area contributed by atoms with Crippen LogP contribution in [0.5, 0.6) is 6.01 Å². The fraction of sp³-hybridized carbons (Fsp3) is 0.692. The standard InChI is InChI=1S/C13H21N3O5/c1-13(2,3)20-11(18)6-5-9(17)14-8-7-10-15-12(19-4)16-21-10/h5-8H2,1-4H3,(H,14,17). The summed E-state index contributed by atoms with van der Waals surface area (Å²) in [6.45, 7) is 5.69.